The minimum Gasteiger partial charge on any atom is -0.393 e. The predicted molar refractivity (Wildman–Crippen MR) is 141 cm³/mol. The van der Waals surface area contributed by atoms with Gasteiger partial charge in [0.2, 0.25) is 0 Å². The number of aliphatic hydroxyl groups excluding tert-OH is 1. The van der Waals surface area contributed by atoms with Crippen molar-refractivity contribution in [1.82, 2.24) is 15.0 Å². The van der Waals surface area contributed by atoms with E-state index >= 15 is 4.39 Å². The van der Waals surface area contributed by atoms with Gasteiger partial charge in [-0.2, -0.15) is 5.26 Å². The van der Waals surface area contributed by atoms with E-state index in [1.807, 2.05) is 12.1 Å². The van der Waals surface area contributed by atoms with Crippen molar-refractivity contribution < 1.29 is 9.50 Å². The zero-order valence-electron chi connectivity index (χ0n) is 20.6. The van der Waals surface area contributed by atoms with Crippen molar-refractivity contribution in [3.63, 3.8) is 0 Å². The fraction of sp³-hybridized carbons (Fsp3) is 0.286. The summed E-state index contributed by atoms with van der Waals surface area (Å²) < 4.78 is 15.2. The van der Waals surface area contributed by atoms with Crippen LogP contribution in [0.5, 0.6) is 0 Å². The lowest BCUT2D eigenvalue weighted by Gasteiger charge is -2.31. The maximum absolute atomic E-state index is 15.2. The minimum absolute atomic E-state index is 0.253. The Labute approximate surface area is 213 Å². The summed E-state index contributed by atoms with van der Waals surface area (Å²) in [6.07, 6.45) is 4.45. The summed E-state index contributed by atoms with van der Waals surface area (Å²) in [7, 11) is 0. The number of fused-ring (bicyclic) bond motifs is 1. The van der Waals surface area contributed by atoms with Gasteiger partial charge < -0.3 is 20.3 Å². The molecular formula is C28H27FN6O2. The van der Waals surface area contributed by atoms with E-state index in [0.29, 0.717) is 33.7 Å². The molecule has 1 fully saturated rings. The molecule has 188 valence electrons. The highest BCUT2D eigenvalue weighted by molar-refractivity contribution is 5.94. The highest BCUT2D eigenvalue weighted by Crippen LogP contribution is 2.32. The molecule has 4 heterocycles. The Balaban J connectivity index is 1.51. The third-order valence-electron chi connectivity index (χ3n) is 6.82. The van der Waals surface area contributed by atoms with Crippen LogP contribution in [-0.4, -0.2) is 39.3 Å². The van der Waals surface area contributed by atoms with E-state index < -0.39 is 11.2 Å². The quantitative estimate of drug-likeness (QED) is 0.367. The van der Waals surface area contributed by atoms with Gasteiger partial charge in [0, 0.05) is 24.8 Å². The lowest BCUT2D eigenvalue weighted by Crippen LogP contribution is -2.35. The van der Waals surface area contributed by atoms with Crippen molar-refractivity contribution in [2.75, 3.05) is 23.3 Å². The maximum Gasteiger partial charge on any atom is 0.259 e. The fourth-order valence-electron chi connectivity index (χ4n) is 4.51. The summed E-state index contributed by atoms with van der Waals surface area (Å²) in [4.78, 5) is 26.6. The number of piperidine rings is 1. The molecule has 8 nitrogen and oxygen atoms in total. The Morgan fingerprint density at radius 3 is 2.65 bits per heavy atom. The largest absolute Gasteiger partial charge is 0.393 e. The Morgan fingerprint density at radius 1 is 1.19 bits per heavy atom. The average Bonchev–Trinajstić information content (AvgIpc) is 2.89. The molecule has 0 spiro atoms. The molecule has 0 unspecified atom stereocenters. The van der Waals surface area contributed by atoms with Crippen molar-refractivity contribution in [2.45, 2.75) is 38.2 Å². The molecule has 5 rings (SSSR count). The van der Waals surface area contributed by atoms with Crippen LogP contribution in [0.4, 0.5) is 21.6 Å². The smallest absolute Gasteiger partial charge is 0.259 e. The number of aliphatic hydroxyl groups is 1. The van der Waals surface area contributed by atoms with Crippen LogP contribution >= 0.6 is 0 Å². The first-order chi connectivity index (χ1) is 17.7. The topological polar surface area (TPSA) is 118 Å². The first kappa shape index (κ1) is 24.4. The van der Waals surface area contributed by atoms with Gasteiger partial charge in [0.1, 0.15) is 11.6 Å². The van der Waals surface area contributed by atoms with Gasteiger partial charge in [-0.25, -0.2) is 14.4 Å². The molecule has 0 bridgehead atoms. The molecule has 1 aromatic carbocycles. The monoisotopic (exact) mass is 498 g/mol. The molecule has 1 aliphatic heterocycles. The van der Waals surface area contributed by atoms with E-state index in [0.717, 1.165) is 31.6 Å². The Hall–Kier alpha value is -4.29. The number of anilines is 3. The standard InChI is InChI=1S/C28H27FN6O2/c1-28(2,16-30)17-3-5-20(21(29)13-17)23-14-24(26-22(33-23)7-10-31-27(26)37)34-25-6-4-18(15-32-25)35-11-8-19(36)9-12-35/h3-7,10,13-15,19,36H,8-9,11-12H2,1-2H3,(H,31,37)(H,32,33,34). The zero-order chi connectivity index (χ0) is 26.2. The number of nitrogens with one attached hydrogen (secondary N) is 2. The van der Waals surface area contributed by atoms with Crippen molar-refractivity contribution in [1.29, 1.82) is 5.26 Å². The van der Waals surface area contributed by atoms with Crippen molar-refractivity contribution in [2.24, 2.45) is 0 Å². The number of aromatic nitrogens is 3. The number of H-pyrrole nitrogens is 1. The summed E-state index contributed by atoms with van der Waals surface area (Å²) in [6, 6.07) is 13.9. The molecular weight excluding hydrogens is 471 g/mol. The summed E-state index contributed by atoms with van der Waals surface area (Å²) >= 11 is 0. The SMILES string of the molecule is CC(C)(C#N)c1ccc(-c2cc(Nc3ccc(N4CCC(O)CC4)cn3)c3c(=O)[nH]ccc3n2)c(F)c1. The van der Waals surface area contributed by atoms with Crippen molar-refractivity contribution >= 4 is 28.1 Å². The summed E-state index contributed by atoms with van der Waals surface area (Å²) in [5, 5.41) is 22.7. The normalized spacial score (nSPS) is 14.5. The second kappa shape index (κ2) is 9.64. The van der Waals surface area contributed by atoms with Crippen LogP contribution in [0.25, 0.3) is 22.2 Å². The van der Waals surface area contributed by atoms with Gasteiger partial charge in [0.15, 0.2) is 0 Å². The predicted octanol–water partition coefficient (Wildman–Crippen LogP) is 4.63. The Bertz CT molecular complexity index is 1550. The lowest BCUT2D eigenvalue weighted by molar-refractivity contribution is 0.145. The lowest BCUT2D eigenvalue weighted by atomic mass is 9.85. The van der Waals surface area contributed by atoms with Gasteiger partial charge in [-0.15, -0.1) is 0 Å². The Morgan fingerprint density at radius 2 is 1.97 bits per heavy atom. The maximum atomic E-state index is 15.2. The first-order valence-corrected chi connectivity index (χ1v) is 12.2. The van der Waals surface area contributed by atoms with Gasteiger partial charge in [0.25, 0.3) is 5.56 Å². The van der Waals surface area contributed by atoms with Crippen LogP contribution in [-0.2, 0) is 5.41 Å². The van der Waals surface area contributed by atoms with Gasteiger partial charge in [-0.3, -0.25) is 4.79 Å². The average molecular weight is 499 g/mol. The van der Waals surface area contributed by atoms with Crippen LogP contribution in [0.3, 0.4) is 0 Å². The number of hydrogen-bond donors (Lipinski definition) is 3. The van der Waals surface area contributed by atoms with Gasteiger partial charge >= 0.3 is 0 Å². The molecule has 1 saturated heterocycles. The van der Waals surface area contributed by atoms with E-state index in [-0.39, 0.29) is 17.2 Å². The summed E-state index contributed by atoms with van der Waals surface area (Å²) in [5.74, 6) is 0.0201. The molecule has 0 radical (unpaired) electrons. The highest BCUT2D eigenvalue weighted by atomic mass is 19.1. The molecule has 0 atom stereocenters. The number of hydrogen-bond acceptors (Lipinski definition) is 7. The van der Waals surface area contributed by atoms with Gasteiger partial charge in [-0.1, -0.05) is 6.07 Å². The number of nitriles is 1. The van der Waals surface area contributed by atoms with Gasteiger partial charge in [0.05, 0.1) is 51.8 Å². The minimum atomic E-state index is -0.831. The molecule has 0 aliphatic carbocycles. The molecule has 1 aliphatic rings. The van der Waals surface area contributed by atoms with Crippen LogP contribution in [0, 0.1) is 17.1 Å². The number of halogens is 1. The number of benzene rings is 1. The zero-order valence-corrected chi connectivity index (χ0v) is 20.6. The summed E-state index contributed by atoms with van der Waals surface area (Å²) in [5.41, 5.74) is 1.84. The molecule has 0 saturated carbocycles. The molecule has 4 aromatic rings. The van der Waals surface area contributed by atoms with Crippen LogP contribution < -0.4 is 15.8 Å². The first-order valence-electron chi connectivity index (χ1n) is 12.2. The van der Waals surface area contributed by atoms with Crippen LogP contribution in [0.1, 0.15) is 32.3 Å². The number of aromatic amines is 1. The van der Waals surface area contributed by atoms with E-state index in [1.54, 1.807) is 44.3 Å². The van der Waals surface area contributed by atoms with E-state index in [2.05, 4.69) is 31.2 Å². The highest BCUT2D eigenvalue weighted by Gasteiger charge is 2.22. The second-order valence-corrected chi connectivity index (χ2v) is 9.80. The van der Waals surface area contributed by atoms with E-state index in [1.165, 1.54) is 12.3 Å². The number of pyridine rings is 3. The van der Waals surface area contributed by atoms with E-state index in [4.69, 9.17) is 0 Å². The van der Waals surface area contributed by atoms with Crippen LogP contribution in [0.2, 0.25) is 0 Å². The fourth-order valence-corrected chi connectivity index (χ4v) is 4.51. The number of nitrogens with zero attached hydrogens (tertiary/aromatic N) is 4. The summed E-state index contributed by atoms with van der Waals surface area (Å²) in [6.45, 7) is 4.99. The molecule has 0 amide bonds. The van der Waals surface area contributed by atoms with Crippen LogP contribution in [0.15, 0.2) is 59.7 Å². The van der Waals surface area contributed by atoms with Crippen molar-refractivity contribution in [3.8, 4) is 17.3 Å². The van der Waals surface area contributed by atoms with Gasteiger partial charge in [-0.05, 0) is 68.7 Å². The number of rotatable bonds is 5. The van der Waals surface area contributed by atoms with Crippen molar-refractivity contribution in [3.05, 3.63) is 76.6 Å². The third kappa shape index (κ3) is 4.88. The molecule has 9 heteroatoms. The molecule has 3 N–H and O–H groups in total. The van der Waals surface area contributed by atoms with E-state index in [9.17, 15) is 15.2 Å². The third-order valence-corrected chi connectivity index (χ3v) is 6.82. The molecule has 3 aromatic heterocycles. The second-order valence-electron chi connectivity index (χ2n) is 9.80. The molecule has 37 heavy (non-hydrogen) atoms. The Kier molecular flexibility index (Phi) is 6.36.